The minimum atomic E-state index is 0.143. The molecular weight excluding hydrogens is 336 g/mol. The highest BCUT2D eigenvalue weighted by Gasteiger charge is 2.43. The van der Waals surface area contributed by atoms with E-state index in [1.54, 1.807) is 6.20 Å². The Labute approximate surface area is 151 Å². The highest BCUT2D eigenvalue weighted by atomic mass is 32.1. The number of thiophene rings is 1. The van der Waals surface area contributed by atoms with Crippen molar-refractivity contribution in [1.29, 1.82) is 0 Å². The third-order valence-electron chi connectivity index (χ3n) is 4.97. The standard InChI is InChI=1S/C19H22N2O3S/c22-19(18-4-2-8-25-18)21-6-7-24-17-10-15(9-16(17)21)13-23-12-14-3-1-5-20-11-14/h1-5,8,11,15-17H,6-7,9-10,12-13H2/t15-,16-,17+/m0/s1. The van der Waals surface area contributed by atoms with Gasteiger partial charge >= 0.3 is 0 Å². The van der Waals surface area contributed by atoms with Crippen LogP contribution in [0.3, 0.4) is 0 Å². The summed E-state index contributed by atoms with van der Waals surface area (Å²) in [6.45, 7) is 2.59. The number of pyridine rings is 1. The van der Waals surface area contributed by atoms with Crippen LogP contribution < -0.4 is 0 Å². The molecule has 1 saturated carbocycles. The van der Waals surface area contributed by atoms with E-state index < -0.39 is 0 Å². The van der Waals surface area contributed by atoms with Gasteiger partial charge in [0.15, 0.2) is 0 Å². The summed E-state index contributed by atoms with van der Waals surface area (Å²) in [6, 6.07) is 7.95. The zero-order valence-corrected chi connectivity index (χ0v) is 14.9. The van der Waals surface area contributed by atoms with Crippen LogP contribution in [-0.2, 0) is 16.1 Å². The molecule has 25 heavy (non-hydrogen) atoms. The van der Waals surface area contributed by atoms with Crippen LogP contribution in [0.4, 0.5) is 0 Å². The van der Waals surface area contributed by atoms with E-state index in [0.717, 1.165) is 23.3 Å². The molecule has 2 aromatic heterocycles. The summed E-state index contributed by atoms with van der Waals surface area (Å²) < 4.78 is 11.8. The molecule has 1 aliphatic heterocycles. The van der Waals surface area contributed by atoms with Crippen molar-refractivity contribution in [2.75, 3.05) is 19.8 Å². The molecule has 3 atom stereocenters. The fourth-order valence-corrected chi connectivity index (χ4v) is 4.49. The first kappa shape index (κ1) is 16.7. The summed E-state index contributed by atoms with van der Waals surface area (Å²) in [5.41, 5.74) is 1.09. The van der Waals surface area contributed by atoms with E-state index in [1.807, 2.05) is 40.7 Å². The van der Waals surface area contributed by atoms with Crippen LogP contribution in [0, 0.1) is 5.92 Å². The lowest BCUT2D eigenvalue weighted by molar-refractivity contribution is -0.0448. The zero-order valence-electron chi connectivity index (χ0n) is 14.0. The molecule has 2 fully saturated rings. The molecule has 5 nitrogen and oxygen atoms in total. The van der Waals surface area contributed by atoms with Gasteiger partial charge in [0.05, 0.1) is 36.8 Å². The Morgan fingerprint density at radius 1 is 1.36 bits per heavy atom. The minimum Gasteiger partial charge on any atom is -0.376 e. The molecule has 2 aromatic rings. The van der Waals surface area contributed by atoms with Crippen LogP contribution >= 0.6 is 11.3 Å². The molecule has 0 radical (unpaired) electrons. The Morgan fingerprint density at radius 2 is 2.32 bits per heavy atom. The van der Waals surface area contributed by atoms with E-state index in [0.29, 0.717) is 32.3 Å². The molecule has 4 rings (SSSR count). The van der Waals surface area contributed by atoms with Crippen LogP contribution in [0.2, 0.25) is 0 Å². The number of hydrogen-bond donors (Lipinski definition) is 0. The summed E-state index contributed by atoms with van der Waals surface area (Å²) in [7, 11) is 0. The van der Waals surface area contributed by atoms with Crippen molar-refractivity contribution in [2.24, 2.45) is 5.92 Å². The van der Waals surface area contributed by atoms with Gasteiger partial charge in [-0.2, -0.15) is 0 Å². The lowest BCUT2D eigenvalue weighted by atomic mass is 10.1. The van der Waals surface area contributed by atoms with Crippen molar-refractivity contribution in [2.45, 2.75) is 31.6 Å². The summed E-state index contributed by atoms with van der Waals surface area (Å²) >= 11 is 1.51. The largest absolute Gasteiger partial charge is 0.376 e. The number of hydrogen-bond acceptors (Lipinski definition) is 5. The molecule has 132 valence electrons. The van der Waals surface area contributed by atoms with E-state index in [9.17, 15) is 4.79 Å². The van der Waals surface area contributed by atoms with Crippen LogP contribution in [0.5, 0.6) is 0 Å². The summed E-state index contributed by atoms with van der Waals surface area (Å²) in [5.74, 6) is 0.577. The molecule has 1 aliphatic carbocycles. The quantitative estimate of drug-likeness (QED) is 0.825. The first-order valence-electron chi connectivity index (χ1n) is 8.74. The van der Waals surface area contributed by atoms with E-state index in [2.05, 4.69) is 4.98 Å². The molecule has 0 N–H and O–H groups in total. The molecule has 0 bridgehead atoms. The number of morpholine rings is 1. The Balaban J connectivity index is 1.33. The molecule has 3 heterocycles. The molecule has 0 spiro atoms. The minimum absolute atomic E-state index is 0.143. The lowest BCUT2D eigenvalue weighted by Crippen LogP contribution is -2.51. The van der Waals surface area contributed by atoms with Gasteiger partial charge in [-0.1, -0.05) is 12.1 Å². The Kier molecular flexibility index (Phi) is 5.10. The second-order valence-electron chi connectivity index (χ2n) is 6.67. The second-order valence-corrected chi connectivity index (χ2v) is 7.61. The maximum absolute atomic E-state index is 12.8. The molecule has 1 amide bonds. The molecule has 2 aliphatic rings. The average molecular weight is 358 g/mol. The molecule has 0 unspecified atom stereocenters. The third kappa shape index (κ3) is 3.76. The predicted molar refractivity (Wildman–Crippen MR) is 95.5 cm³/mol. The SMILES string of the molecule is O=C(c1cccs1)N1CCO[C@@H]2C[C@@H](COCc3cccnc3)C[C@@H]21. The Bertz CT molecular complexity index is 692. The van der Waals surface area contributed by atoms with Gasteiger partial charge in [0.25, 0.3) is 5.91 Å². The Morgan fingerprint density at radius 3 is 3.12 bits per heavy atom. The third-order valence-corrected chi connectivity index (χ3v) is 5.83. The number of rotatable bonds is 5. The van der Waals surface area contributed by atoms with Crippen molar-refractivity contribution in [3.63, 3.8) is 0 Å². The van der Waals surface area contributed by atoms with E-state index in [-0.39, 0.29) is 18.1 Å². The van der Waals surface area contributed by atoms with Crippen molar-refractivity contribution < 1.29 is 14.3 Å². The predicted octanol–water partition coefficient (Wildman–Crippen LogP) is 2.98. The zero-order chi connectivity index (χ0) is 17.1. The summed E-state index contributed by atoms with van der Waals surface area (Å²) in [6.07, 6.45) is 5.66. The van der Waals surface area contributed by atoms with Gasteiger partial charge in [0, 0.05) is 18.9 Å². The van der Waals surface area contributed by atoms with Crippen LogP contribution in [0.1, 0.15) is 28.1 Å². The van der Waals surface area contributed by atoms with Crippen molar-refractivity contribution in [3.05, 3.63) is 52.5 Å². The first-order chi connectivity index (χ1) is 12.3. The normalized spacial score (nSPS) is 25.8. The molecule has 0 aromatic carbocycles. The summed E-state index contributed by atoms with van der Waals surface area (Å²) in [5, 5.41) is 1.95. The number of ether oxygens (including phenoxy) is 2. The number of carbonyl (C=O) groups is 1. The van der Waals surface area contributed by atoms with E-state index in [4.69, 9.17) is 9.47 Å². The van der Waals surface area contributed by atoms with Crippen molar-refractivity contribution in [3.8, 4) is 0 Å². The maximum Gasteiger partial charge on any atom is 0.264 e. The smallest absolute Gasteiger partial charge is 0.264 e. The number of carbonyl (C=O) groups excluding carboxylic acids is 1. The fraction of sp³-hybridized carbons (Fsp3) is 0.474. The van der Waals surface area contributed by atoms with E-state index in [1.165, 1.54) is 11.3 Å². The van der Waals surface area contributed by atoms with Crippen LogP contribution in [0.25, 0.3) is 0 Å². The van der Waals surface area contributed by atoms with Crippen molar-refractivity contribution in [1.82, 2.24) is 9.88 Å². The van der Waals surface area contributed by atoms with E-state index >= 15 is 0 Å². The van der Waals surface area contributed by atoms with Crippen molar-refractivity contribution >= 4 is 17.2 Å². The van der Waals surface area contributed by atoms with Gasteiger partial charge in [-0.05, 0) is 41.8 Å². The highest BCUT2D eigenvalue weighted by molar-refractivity contribution is 7.12. The monoisotopic (exact) mass is 358 g/mol. The van der Waals surface area contributed by atoms with Gasteiger partial charge in [-0.3, -0.25) is 9.78 Å². The van der Waals surface area contributed by atoms with Gasteiger partial charge in [-0.15, -0.1) is 11.3 Å². The topological polar surface area (TPSA) is 51.7 Å². The lowest BCUT2D eigenvalue weighted by Gasteiger charge is -2.37. The fourth-order valence-electron chi connectivity index (χ4n) is 3.81. The Hall–Kier alpha value is -1.76. The molecular formula is C19H22N2O3S. The van der Waals surface area contributed by atoms with Gasteiger partial charge in [0.2, 0.25) is 0 Å². The first-order valence-corrected chi connectivity index (χ1v) is 9.62. The van der Waals surface area contributed by atoms with Crippen LogP contribution in [0.15, 0.2) is 42.0 Å². The van der Waals surface area contributed by atoms with Crippen LogP contribution in [-0.4, -0.2) is 47.7 Å². The number of aromatic nitrogens is 1. The number of fused-ring (bicyclic) bond motifs is 1. The number of amides is 1. The highest BCUT2D eigenvalue weighted by Crippen LogP contribution is 2.35. The summed E-state index contributed by atoms with van der Waals surface area (Å²) in [4.78, 5) is 19.7. The second kappa shape index (κ2) is 7.64. The van der Waals surface area contributed by atoms with Gasteiger partial charge in [0.1, 0.15) is 0 Å². The molecule has 1 saturated heterocycles. The molecule has 6 heteroatoms. The average Bonchev–Trinajstić information content (AvgIpc) is 3.31. The maximum atomic E-state index is 12.8. The van der Waals surface area contributed by atoms with Gasteiger partial charge < -0.3 is 14.4 Å². The van der Waals surface area contributed by atoms with Gasteiger partial charge in [-0.25, -0.2) is 0 Å². The number of nitrogens with zero attached hydrogens (tertiary/aromatic N) is 2.